The van der Waals surface area contributed by atoms with Crippen LogP contribution >= 0.6 is 0 Å². The molecular weight excluding hydrogens is 136 g/mol. The normalized spacial score (nSPS) is 17.9. The molecule has 2 heteroatoms. The Labute approximate surface area is 68.8 Å². The van der Waals surface area contributed by atoms with Crippen molar-refractivity contribution in [1.29, 1.82) is 5.26 Å². The molecule has 0 aromatic rings. The van der Waals surface area contributed by atoms with E-state index >= 15 is 0 Å². The van der Waals surface area contributed by atoms with Gasteiger partial charge in [-0.1, -0.05) is 6.42 Å². The van der Waals surface area contributed by atoms with Crippen LogP contribution in [-0.4, -0.2) is 25.0 Å². The Hall–Kier alpha value is -0.550. The van der Waals surface area contributed by atoms with Crippen LogP contribution in [0.2, 0.25) is 0 Å². The molecule has 0 heterocycles. The van der Waals surface area contributed by atoms with E-state index in [4.69, 9.17) is 5.26 Å². The molecule has 62 valence electrons. The summed E-state index contributed by atoms with van der Waals surface area (Å²) in [6, 6.07) is 2.17. The van der Waals surface area contributed by atoms with E-state index in [1.807, 2.05) is 0 Å². The van der Waals surface area contributed by atoms with E-state index in [1.165, 1.54) is 25.8 Å². The molecular formula is C9H16N2. The Bertz CT molecular complexity index is 144. The van der Waals surface area contributed by atoms with Gasteiger partial charge in [-0.3, -0.25) is 0 Å². The van der Waals surface area contributed by atoms with E-state index in [0.717, 1.165) is 12.5 Å². The quantitative estimate of drug-likeness (QED) is 0.612. The molecule has 1 saturated carbocycles. The summed E-state index contributed by atoms with van der Waals surface area (Å²) in [4.78, 5) is 2.27. The zero-order chi connectivity index (χ0) is 8.10. The molecule has 0 aromatic carbocycles. The summed E-state index contributed by atoms with van der Waals surface area (Å²) in [5.74, 6) is 0.929. The summed E-state index contributed by atoms with van der Waals surface area (Å²) in [6.45, 7) is 2.13. The van der Waals surface area contributed by atoms with Crippen molar-refractivity contribution in [2.45, 2.75) is 25.7 Å². The first kappa shape index (κ1) is 8.55. The second-order valence-electron chi connectivity index (χ2n) is 3.47. The van der Waals surface area contributed by atoms with Gasteiger partial charge in [0.15, 0.2) is 0 Å². The topological polar surface area (TPSA) is 27.0 Å². The van der Waals surface area contributed by atoms with Crippen molar-refractivity contribution in [3.8, 4) is 6.07 Å². The van der Waals surface area contributed by atoms with Gasteiger partial charge in [0, 0.05) is 19.5 Å². The smallest absolute Gasteiger partial charge is 0.0635 e. The molecule has 0 unspecified atom stereocenters. The van der Waals surface area contributed by atoms with Crippen LogP contribution < -0.4 is 0 Å². The molecule has 0 bridgehead atoms. The summed E-state index contributed by atoms with van der Waals surface area (Å²) in [6.07, 6.45) is 4.88. The van der Waals surface area contributed by atoms with Crippen molar-refractivity contribution >= 4 is 0 Å². The maximum Gasteiger partial charge on any atom is 0.0635 e. The lowest BCUT2D eigenvalue weighted by Gasteiger charge is -2.29. The fourth-order valence-electron chi connectivity index (χ4n) is 1.45. The zero-order valence-electron chi connectivity index (χ0n) is 7.21. The fourth-order valence-corrected chi connectivity index (χ4v) is 1.45. The van der Waals surface area contributed by atoms with Crippen molar-refractivity contribution in [2.24, 2.45) is 5.92 Å². The number of hydrogen-bond acceptors (Lipinski definition) is 2. The maximum atomic E-state index is 8.34. The van der Waals surface area contributed by atoms with Crippen LogP contribution in [0.25, 0.3) is 0 Å². The molecule has 0 aliphatic heterocycles. The van der Waals surface area contributed by atoms with Crippen molar-refractivity contribution in [2.75, 3.05) is 20.1 Å². The Morgan fingerprint density at radius 3 is 2.73 bits per heavy atom. The largest absolute Gasteiger partial charge is 0.305 e. The third-order valence-corrected chi connectivity index (χ3v) is 2.40. The second-order valence-corrected chi connectivity index (χ2v) is 3.47. The summed E-state index contributed by atoms with van der Waals surface area (Å²) in [5, 5.41) is 8.34. The molecule has 1 rings (SSSR count). The van der Waals surface area contributed by atoms with Gasteiger partial charge in [-0.25, -0.2) is 0 Å². The first-order valence-electron chi connectivity index (χ1n) is 4.38. The molecule has 0 N–H and O–H groups in total. The summed E-state index contributed by atoms with van der Waals surface area (Å²) in [7, 11) is 2.11. The Balaban J connectivity index is 2.01. The average Bonchev–Trinajstić information content (AvgIpc) is 1.93. The Kier molecular flexibility index (Phi) is 3.38. The predicted octanol–water partition coefficient (Wildman–Crippen LogP) is 1.63. The van der Waals surface area contributed by atoms with Gasteiger partial charge in [0.1, 0.15) is 0 Å². The van der Waals surface area contributed by atoms with Crippen LogP contribution in [0.1, 0.15) is 25.7 Å². The average molecular weight is 152 g/mol. The second kappa shape index (κ2) is 4.35. The molecule has 0 aromatic heterocycles. The fraction of sp³-hybridized carbons (Fsp3) is 0.889. The van der Waals surface area contributed by atoms with E-state index in [9.17, 15) is 0 Å². The van der Waals surface area contributed by atoms with E-state index in [1.54, 1.807) is 0 Å². The highest BCUT2D eigenvalue weighted by Crippen LogP contribution is 2.26. The Morgan fingerprint density at radius 1 is 1.55 bits per heavy atom. The summed E-state index contributed by atoms with van der Waals surface area (Å²) >= 11 is 0. The molecule has 0 atom stereocenters. The zero-order valence-corrected chi connectivity index (χ0v) is 7.21. The molecule has 0 radical (unpaired) electrons. The molecule has 11 heavy (non-hydrogen) atoms. The van der Waals surface area contributed by atoms with Crippen LogP contribution in [-0.2, 0) is 0 Å². The summed E-state index contributed by atoms with van der Waals surface area (Å²) in [5.41, 5.74) is 0. The molecule has 1 fully saturated rings. The van der Waals surface area contributed by atoms with E-state index in [2.05, 4.69) is 18.0 Å². The van der Waals surface area contributed by atoms with Crippen molar-refractivity contribution in [3.05, 3.63) is 0 Å². The van der Waals surface area contributed by atoms with Gasteiger partial charge in [0.05, 0.1) is 6.07 Å². The number of hydrogen-bond donors (Lipinski definition) is 0. The van der Waals surface area contributed by atoms with Crippen LogP contribution in [0, 0.1) is 17.2 Å². The number of nitriles is 1. The number of rotatable bonds is 4. The molecule has 1 aliphatic rings. The lowest BCUT2D eigenvalue weighted by molar-refractivity contribution is 0.208. The number of nitrogens with zero attached hydrogens (tertiary/aromatic N) is 2. The van der Waals surface area contributed by atoms with Gasteiger partial charge in [-0.2, -0.15) is 5.26 Å². The minimum absolute atomic E-state index is 0.670. The lowest BCUT2D eigenvalue weighted by atomic mass is 9.85. The highest BCUT2D eigenvalue weighted by Gasteiger charge is 2.18. The molecule has 0 spiro atoms. The van der Waals surface area contributed by atoms with Gasteiger partial charge in [0.2, 0.25) is 0 Å². The van der Waals surface area contributed by atoms with Crippen molar-refractivity contribution in [3.63, 3.8) is 0 Å². The van der Waals surface area contributed by atoms with E-state index in [-0.39, 0.29) is 0 Å². The molecule has 2 nitrogen and oxygen atoms in total. The molecule has 0 amide bonds. The van der Waals surface area contributed by atoms with Crippen LogP contribution in [0.4, 0.5) is 0 Å². The predicted molar refractivity (Wildman–Crippen MR) is 45.1 cm³/mol. The van der Waals surface area contributed by atoms with Gasteiger partial charge in [-0.15, -0.1) is 0 Å². The third kappa shape index (κ3) is 2.90. The first-order chi connectivity index (χ1) is 5.33. The van der Waals surface area contributed by atoms with Gasteiger partial charge < -0.3 is 4.90 Å². The van der Waals surface area contributed by atoms with E-state index in [0.29, 0.717) is 6.42 Å². The van der Waals surface area contributed by atoms with Crippen molar-refractivity contribution in [1.82, 2.24) is 4.90 Å². The van der Waals surface area contributed by atoms with Gasteiger partial charge in [-0.05, 0) is 25.8 Å². The maximum absolute atomic E-state index is 8.34. The Morgan fingerprint density at radius 2 is 2.27 bits per heavy atom. The highest BCUT2D eigenvalue weighted by atomic mass is 15.1. The monoisotopic (exact) mass is 152 g/mol. The van der Waals surface area contributed by atoms with Crippen LogP contribution in [0.15, 0.2) is 0 Å². The SMILES string of the molecule is CN(CCC#N)CC1CCC1. The van der Waals surface area contributed by atoms with Crippen LogP contribution in [0.5, 0.6) is 0 Å². The molecule has 0 saturated heterocycles. The molecule has 1 aliphatic carbocycles. The standard InChI is InChI=1S/C9H16N2/c1-11(7-3-6-10)8-9-4-2-5-9/h9H,2-5,7-8H2,1H3. The van der Waals surface area contributed by atoms with Gasteiger partial charge in [0.25, 0.3) is 0 Å². The highest BCUT2D eigenvalue weighted by molar-refractivity contribution is 4.75. The minimum Gasteiger partial charge on any atom is -0.305 e. The van der Waals surface area contributed by atoms with Crippen LogP contribution in [0.3, 0.4) is 0 Å². The van der Waals surface area contributed by atoms with E-state index < -0.39 is 0 Å². The minimum atomic E-state index is 0.670. The van der Waals surface area contributed by atoms with Crippen molar-refractivity contribution < 1.29 is 0 Å². The van der Waals surface area contributed by atoms with Gasteiger partial charge >= 0.3 is 0 Å². The lowest BCUT2D eigenvalue weighted by Crippen LogP contribution is -2.29. The summed E-state index contributed by atoms with van der Waals surface area (Å²) < 4.78 is 0. The first-order valence-corrected chi connectivity index (χ1v) is 4.38. The third-order valence-electron chi connectivity index (χ3n) is 2.40.